The van der Waals surface area contributed by atoms with E-state index in [1.807, 2.05) is 4.90 Å². The van der Waals surface area contributed by atoms with E-state index in [0.29, 0.717) is 17.3 Å². The predicted molar refractivity (Wildman–Crippen MR) is 69.0 cm³/mol. The molecule has 1 aromatic heterocycles. The third-order valence-corrected chi connectivity index (χ3v) is 3.43. The van der Waals surface area contributed by atoms with Crippen molar-refractivity contribution in [1.82, 2.24) is 4.98 Å². The molecule has 17 heavy (non-hydrogen) atoms. The van der Waals surface area contributed by atoms with Crippen LogP contribution in [-0.4, -0.2) is 17.6 Å². The minimum Gasteiger partial charge on any atom is -0.351 e. The van der Waals surface area contributed by atoms with Gasteiger partial charge in [0.2, 0.25) is 0 Å². The van der Waals surface area contributed by atoms with Gasteiger partial charge in [-0.1, -0.05) is 0 Å². The highest BCUT2D eigenvalue weighted by Gasteiger charge is 2.28. The lowest BCUT2D eigenvalue weighted by molar-refractivity contribution is 0.571. The van der Waals surface area contributed by atoms with E-state index in [1.54, 1.807) is 12.3 Å². The molecule has 0 saturated heterocycles. The van der Waals surface area contributed by atoms with Crippen molar-refractivity contribution in [3.8, 4) is 0 Å². The Hall–Kier alpha value is -0.830. The van der Waals surface area contributed by atoms with Crippen molar-refractivity contribution < 1.29 is 4.39 Å². The van der Waals surface area contributed by atoms with Crippen molar-refractivity contribution in [3.05, 3.63) is 23.6 Å². The lowest BCUT2D eigenvalue weighted by Gasteiger charge is -2.28. The Morgan fingerprint density at radius 3 is 2.76 bits per heavy atom. The first kappa shape index (κ1) is 12.6. The number of pyridine rings is 1. The largest absolute Gasteiger partial charge is 0.351 e. The van der Waals surface area contributed by atoms with Crippen LogP contribution in [0.5, 0.6) is 0 Å². The van der Waals surface area contributed by atoms with Crippen molar-refractivity contribution in [1.29, 1.82) is 0 Å². The van der Waals surface area contributed by atoms with E-state index >= 15 is 0 Å². The molecule has 0 bridgehead atoms. The molecule has 0 unspecified atom stereocenters. The molecule has 94 valence electrons. The van der Waals surface area contributed by atoms with Gasteiger partial charge in [0.25, 0.3) is 0 Å². The molecule has 1 aromatic rings. The van der Waals surface area contributed by atoms with Gasteiger partial charge in [-0.05, 0) is 38.7 Å². The summed E-state index contributed by atoms with van der Waals surface area (Å²) in [7, 11) is 0. The van der Waals surface area contributed by atoms with Crippen LogP contribution >= 0.6 is 11.6 Å². The van der Waals surface area contributed by atoms with E-state index in [4.69, 9.17) is 11.6 Å². The van der Waals surface area contributed by atoms with Crippen LogP contribution < -0.4 is 4.90 Å². The van der Waals surface area contributed by atoms with Gasteiger partial charge in [-0.2, -0.15) is 0 Å². The minimum absolute atomic E-state index is 0.191. The number of halogens is 2. The highest BCUT2D eigenvalue weighted by atomic mass is 35.5. The monoisotopic (exact) mass is 256 g/mol. The van der Waals surface area contributed by atoms with Crippen LogP contribution in [0.25, 0.3) is 0 Å². The van der Waals surface area contributed by atoms with Crippen molar-refractivity contribution in [2.24, 2.45) is 5.92 Å². The second-order valence-corrected chi connectivity index (χ2v) is 5.20. The highest BCUT2D eigenvalue weighted by Crippen LogP contribution is 2.33. The first-order chi connectivity index (χ1) is 8.13. The van der Waals surface area contributed by atoms with Gasteiger partial charge in [0.1, 0.15) is 0 Å². The Balaban J connectivity index is 2.27. The van der Waals surface area contributed by atoms with Crippen LogP contribution in [0, 0.1) is 11.7 Å². The number of aromatic nitrogens is 1. The molecular weight excluding hydrogens is 239 g/mol. The molecule has 0 atom stereocenters. The van der Waals surface area contributed by atoms with Gasteiger partial charge in [-0.15, -0.1) is 11.6 Å². The van der Waals surface area contributed by atoms with Gasteiger partial charge in [0.05, 0.1) is 5.88 Å². The Morgan fingerprint density at radius 2 is 2.24 bits per heavy atom. The third-order valence-electron chi connectivity index (χ3n) is 3.14. The molecule has 1 saturated carbocycles. The maximum absolute atomic E-state index is 14.2. The minimum atomic E-state index is -0.267. The molecular formula is C13H18ClFN2. The quantitative estimate of drug-likeness (QED) is 0.749. The van der Waals surface area contributed by atoms with E-state index in [-0.39, 0.29) is 17.7 Å². The number of hydrogen-bond donors (Lipinski definition) is 0. The van der Waals surface area contributed by atoms with E-state index in [1.165, 1.54) is 12.8 Å². The fourth-order valence-electron chi connectivity index (χ4n) is 1.90. The Morgan fingerprint density at radius 1 is 1.53 bits per heavy atom. The highest BCUT2D eigenvalue weighted by molar-refractivity contribution is 6.17. The van der Waals surface area contributed by atoms with Crippen LogP contribution in [-0.2, 0) is 5.88 Å². The summed E-state index contributed by atoms with van der Waals surface area (Å²) in [4.78, 5) is 6.23. The first-order valence-corrected chi connectivity index (χ1v) is 6.63. The molecule has 2 rings (SSSR count). The zero-order chi connectivity index (χ0) is 12.4. The lowest BCUT2D eigenvalue weighted by Crippen LogP contribution is -2.34. The summed E-state index contributed by atoms with van der Waals surface area (Å²) in [6.45, 7) is 5.03. The summed E-state index contributed by atoms with van der Waals surface area (Å²) in [5, 5.41) is 0. The van der Waals surface area contributed by atoms with E-state index < -0.39 is 0 Å². The van der Waals surface area contributed by atoms with E-state index in [9.17, 15) is 4.39 Å². The summed E-state index contributed by atoms with van der Waals surface area (Å²) in [5.41, 5.74) is 0.526. The third kappa shape index (κ3) is 2.89. The summed E-state index contributed by atoms with van der Waals surface area (Å²) in [6.07, 6.45) is 4.14. The zero-order valence-electron chi connectivity index (χ0n) is 10.3. The molecule has 0 aromatic carbocycles. The number of anilines is 1. The zero-order valence-corrected chi connectivity index (χ0v) is 11.0. The van der Waals surface area contributed by atoms with Crippen molar-refractivity contribution in [2.75, 3.05) is 11.4 Å². The standard InChI is InChI=1S/C13H18ClFN2/c1-9(2)17(8-10-3-4-10)13-12(15)11(7-14)5-6-16-13/h5-6,9-10H,3-4,7-8H2,1-2H3. The van der Waals surface area contributed by atoms with E-state index in [0.717, 1.165) is 6.54 Å². The Labute approximate surface area is 107 Å². The number of hydrogen-bond acceptors (Lipinski definition) is 2. The lowest BCUT2D eigenvalue weighted by atomic mass is 10.2. The molecule has 1 aliphatic rings. The van der Waals surface area contributed by atoms with Gasteiger partial charge in [-0.25, -0.2) is 9.37 Å². The molecule has 0 spiro atoms. The van der Waals surface area contributed by atoms with Crippen LogP contribution in [0.15, 0.2) is 12.3 Å². The fraction of sp³-hybridized carbons (Fsp3) is 0.615. The van der Waals surface area contributed by atoms with Gasteiger partial charge in [-0.3, -0.25) is 0 Å². The first-order valence-electron chi connectivity index (χ1n) is 6.09. The fourth-order valence-corrected chi connectivity index (χ4v) is 2.10. The molecule has 0 amide bonds. The predicted octanol–water partition coefficient (Wildman–Crippen LogP) is 3.58. The van der Waals surface area contributed by atoms with Crippen molar-refractivity contribution >= 4 is 17.4 Å². The van der Waals surface area contributed by atoms with Gasteiger partial charge in [0.15, 0.2) is 11.6 Å². The molecule has 1 aliphatic carbocycles. The molecule has 1 fully saturated rings. The van der Waals surface area contributed by atoms with Gasteiger partial charge in [0, 0.05) is 24.3 Å². The molecule has 0 aliphatic heterocycles. The average molecular weight is 257 g/mol. The smallest absolute Gasteiger partial charge is 0.170 e. The number of rotatable bonds is 5. The molecule has 4 heteroatoms. The summed E-state index contributed by atoms with van der Waals surface area (Å²) < 4.78 is 14.2. The van der Waals surface area contributed by atoms with E-state index in [2.05, 4.69) is 18.8 Å². The van der Waals surface area contributed by atoms with Crippen LogP contribution in [0.1, 0.15) is 32.3 Å². The summed E-state index contributed by atoms with van der Waals surface area (Å²) in [5.74, 6) is 1.08. The number of nitrogens with zero attached hydrogens (tertiary/aromatic N) is 2. The average Bonchev–Trinajstić information content (AvgIpc) is 3.10. The Kier molecular flexibility index (Phi) is 3.87. The summed E-state index contributed by atoms with van der Waals surface area (Å²) in [6, 6.07) is 1.89. The van der Waals surface area contributed by atoms with Crippen molar-refractivity contribution in [3.63, 3.8) is 0 Å². The number of alkyl halides is 1. The molecule has 2 nitrogen and oxygen atoms in total. The van der Waals surface area contributed by atoms with Gasteiger partial charge >= 0.3 is 0 Å². The van der Waals surface area contributed by atoms with Gasteiger partial charge < -0.3 is 4.90 Å². The molecule has 1 heterocycles. The second kappa shape index (κ2) is 5.21. The Bertz CT molecular complexity index is 391. The molecule has 0 radical (unpaired) electrons. The second-order valence-electron chi connectivity index (χ2n) is 4.93. The van der Waals surface area contributed by atoms with Crippen molar-refractivity contribution in [2.45, 2.75) is 38.6 Å². The normalized spacial score (nSPS) is 15.4. The molecule has 0 N–H and O–H groups in total. The SMILES string of the molecule is CC(C)N(CC1CC1)c1nccc(CCl)c1F. The van der Waals surface area contributed by atoms with Crippen LogP contribution in [0.4, 0.5) is 10.2 Å². The topological polar surface area (TPSA) is 16.1 Å². The van der Waals surface area contributed by atoms with Crippen LogP contribution in [0.3, 0.4) is 0 Å². The maximum Gasteiger partial charge on any atom is 0.170 e. The summed E-state index contributed by atoms with van der Waals surface area (Å²) >= 11 is 5.72. The maximum atomic E-state index is 14.2. The van der Waals surface area contributed by atoms with Crippen LogP contribution in [0.2, 0.25) is 0 Å².